The first kappa shape index (κ1) is 19.9. The lowest BCUT2D eigenvalue weighted by Gasteiger charge is -2.30. The highest BCUT2D eigenvalue weighted by atomic mass is 19.4. The van der Waals surface area contributed by atoms with Gasteiger partial charge in [-0.2, -0.15) is 5.10 Å². The molecule has 0 N–H and O–H groups in total. The van der Waals surface area contributed by atoms with Crippen molar-refractivity contribution in [2.45, 2.75) is 26.1 Å². The maximum absolute atomic E-state index is 14.1. The summed E-state index contributed by atoms with van der Waals surface area (Å²) in [7, 11) is 0. The molecule has 2 heterocycles. The zero-order valence-electron chi connectivity index (χ0n) is 15.9. The fourth-order valence-corrected chi connectivity index (χ4v) is 3.61. The Bertz CT molecular complexity index is 1110. The summed E-state index contributed by atoms with van der Waals surface area (Å²) < 4.78 is 56.9. The number of para-hydroxylation sites is 1. The van der Waals surface area contributed by atoms with E-state index in [1.54, 1.807) is 25.1 Å². The third-order valence-electron chi connectivity index (χ3n) is 4.97. The van der Waals surface area contributed by atoms with Gasteiger partial charge in [0.15, 0.2) is 0 Å². The number of nitrogens with zero attached hydrogens (tertiary/aromatic N) is 3. The van der Waals surface area contributed by atoms with Gasteiger partial charge in [0.05, 0.1) is 17.5 Å². The summed E-state index contributed by atoms with van der Waals surface area (Å²) in [5.74, 6) is -1.14. The summed E-state index contributed by atoms with van der Waals surface area (Å²) in [6, 6.07) is 10.0. The molecule has 0 aliphatic carbocycles. The summed E-state index contributed by atoms with van der Waals surface area (Å²) >= 11 is 0. The maximum Gasteiger partial charge on any atom is 0.573 e. The van der Waals surface area contributed by atoms with E-state index in [1.807, 2.05) is 0 Å². The van der Waals surface area contributed by atoms with E-state index in [2.05, 4.69) is 9.84 Å². The molecule has 0 spiro atoms. The zero-order valence-corrected chi connectivity index (χ0v) is 15.9. The van der Waals surface area contributed by atoms with Gasteiger partial charge in [0.2, 0.25) is 0 Å². The van der Waals surface area contributed by atoms with Crippen molar-refractivity contribution >= 4 is 11.6 Å². The van der Waals surface area contributed by atoms with Gasteiger partial charge in [0, 0.05) is 12.2 Å². The van der Waals surface area contributed by atoms with Crippen molar-refractivity contribution in [3.05, 3.63) is 71.3 Å². The highest BCUT2D eigenvalue weighted by Gasteiger charge is 2.32. The number of rotatable bonds is 3. The summed E-state index contributed by atoms with van der Waals surface area (Å²) in [5, 5.41) is 4.16. The summed E-state index contributed by atoms with van der Waals surface area (Å²) in [6.45, 7) is 2.08. The van der Waals surface area contributed by atoms with Crippen LogP contribution in [0, 0.1) is 12.7 Å². The lowest BCUT2D eigenvalue weighted by atomic mass is 10.0. The Kier molecular flexibility index (Phi) is 4.97. The van der Waals surface area contributed by atoms with Crippen LogP contribution in [0.3, 0.4) is 0 Å². The average Bonchev–Trinajstić information content (AvgIpc) is 3.07. The van der Waals surface area contributed by atoms with Gasteiger partial charge in [0.1, 0.15) is 17.3 Å². The molecule has 0 atom stereocenters. The number of halogens is 4. The molecule has 0 saturated carbocycles. The van der Waals surface area contributed by atoms with E-state index in [-0.39, 0.29) is 17.3 Å². The van der Waals surface area contributed by atoms with Crippen LogP contribution in [0.5, 0.6) is 5.75 Å². The zero-order chi connectivity index (χ0) is 21.5. The highest BCUT2D eigenvalue weighted by molar-refractivity contribution is 6.07. The van der Waals surface area contributed by atoms with Crippen molar-refractivity contribution in [1.82, 2.24) is 9.78 Å². The molecule has 30 heavy (non-hydrogen) atoms. The minimum Gasteiger partial charge on any atom is -0.406 e. The van der Waals surface area contributed by atoms with E-state index in [0.29, 0.717) is 41.9 Å². The number of amides is 1. The van der Waals surface area contributed by atoms with Crippen LogP contribution in [0.4, 0.5) is 23.2 Å². The summed E-state index contributed by atoms with van der Waals surface area (Å²) in [5.41, 5.74) is 2.10. The van der Waals surface area contributed by atoms with Crippen LogP contribution >= 0.6 is 0 Å². The van der Waals surface area contributed by atoms with Gasteiger partial charge in [-0.3, -0.25) is 4.79 Å². The van der Waals surface area contributed by atoms with Gasteiger partial charge in [-0.05, 0) is 55.7 Å². The first-order valence-electron chi connectivity index (χ1n) is 9.24. The van der Waals surface area contributed by atoms with Crippen molar-refractivity contribution in [2.75, 3.05) is 11.4 Å². The normalized spacial score (nSPS) is 13.8. The molecule has 2 aromatic carbocycles. The number of aromatic nitrogens is 2. The Morgan fingerprint density at radius 1 is 1.13 bits per heavy atom. The number of ether oxygens (including phenoxy) is 1. The second-order valence-corrected chi connectivity index (χ2v) is 6.91. The third kappa shape index (κ3) is 3.74. The van der Waals surface area contributed by atoms with Crippen LogP contribution in [0.15, 0.2) is 48.7 Å². The molecule has 0 saturated heterocycles. The lowest BCUT2D eigenvalue weighted by Crippen LogP contribution is -2.35. The Balaban J connectivity index is 1.65. The van der Waals surface area contributed by atoms with Crippen molar-refractivity contribution in [1.29, 1.82) is 0 Å². The second-order valence-electron chi connectivity index (χ2n) is 6.91. The van der Waals surface area contributed by atoms with Crippen molar-refractivity contribution in [3.8, 4) is 11.4 Å². The first-order valence-corrected chi connectivity index (χ1v) is 9.24. The third-order valence-corrected chi connectivity index (χ3v) is 4.97. The maximum atomic E-state index is 14.1. The lowest BCUT2D eigenvalue weighted by molar-refractivity contribution is -0.274. The van der Waals surface area contributed by atoms with E-state index in [4.69, 9.17) is 0 Å². The molecular weight excluding hydrogens is 402 g/mol. The van der Waals surface area contributed by atoms with Crippen molar-refractivity contribution in [2.24, 2.45) is 0 Å². The van der Waals surface area contributed by atoms with Crippen LogP contribution in [0.25, 0.3) is 5.69 Å². The van der Waals surface area contributed by atoms with Gasteiger partial charge < -0.3 is 9.64 Å². The number of hydrogen-bond donors (Lipinski definition) is 0. The Labute approximate surface area is 169 Å². The molecule has 0 radical (unpaired) electrons. The van der Waals surface area contributed by atoms with Crippen LogP contribution < -0.4 is 9.64 Å². The quantitative estimate of drug-likeness (QED) is 0.573. The van der Waals surface area contributed by atoms with Crippen molar-refractivity contribution in [3.63, 3.8) is 0 Å². The predicted molar refractivity (Wildman–Crippen MR) is 101 cm³/mol. The molecule has 3 aromatic rings. The smallest absolute Gasteiger partial charge is 0.406 e. The molecule has 1 aliphatic rings. The van der Waals surface area contributed by atoms with Crippen LogP contribution in [0.2, 0.25) is 0 Å². The topological polar surface area (TPSA) is 47.4 Å². The van der Waals surface area contributed by atoms with E-state index in [1.165, 1.54) is 40.0 Å². The number of anilines is 1. The van der Waals surface area contributed by atoms with E-state index in [0.717, 1.165) is 0 Å². The molecule has 1 aromatic heterocycles. The standard InChI is InChI=1S/C21H17F4N3O2/c1-13-16(12-26-28(13)19-7-3-2-6-17(19)22)20(29)27-10-4-5-14-11-15(8-9-18(14)27)30-21(23,24)25/h2-3,6-9,11-12H,4-5,10H2,1H3. The summed E-state index contributed by atoms with van der Waals surface area (Å²) in [4.78, 5) is 14.7. The van der Waals surface area contributed by atoms with Gasteiger partial charge in [0.25, 0.3) is 5.91 Å². The fourth-order valence-electron chi connectivity index (χ4n) is 3.61. The van der Waals surface area contributed by atoms with E-state index < -0.39 is 12.2 Å². The molecule has 5 nitrogen and oxygen atoms in total. The highest BCUT2D eigenvalue weighted by Crippen LogP contribution is 2.34. The van der Waals surface area contributed by atoms with Gasteiger partial charge in [-0.15, -0.1) is 13.2 Å². The largest absolute Gasteiger partial charge is 0.573 e. The van der Waals surface area contributed by atoms with E-state index in [9.17, 15) is 22.4 Å². The molecule has 156 valence electrons. The minimum atomic E-state index is -4.78. The Morgan fingerprint density at radius 3 is 2.63 bits per heavy atom. The monoisotopic (exact) mass is 419 g/mol. The molecule has 1 aliphatic heterocycles. The molecule has 1 amide bonds. The van der Waals surface area contributed by atoms with Crippen molar-refractivity contribution < 1.29 is 27.1 Å². The van der Waals surface area contributed by atoms with Gasteiger partial charge in [-0.25, -0.2) is 9.07 Å². The van der Waals surface area contributed by atoms with Crippen LogP contribution in [0.1, 0.15) is 28.0 Å². The SMILES string of the molecule is Cc1c(C(=O)N2CCCc3cc(OC(F)(F)F)ccc32)cnn1-c1ccccc1F. The number of aryl methyl sites for hydroxylation is 1. The Hall–Kier alpha value is -3.36. The number of benzene rings is 2. The average molecular weight is 419 g/mol. The second kappa shape index (κ2) is 7.47. The fraction of sp³-hybridized carbons (Fsp3) is 0.238. The van der Waals surface area contributed by atoms with Crippen LogP contribution in [-0.4, -0.2) is 28.6 Å². The van der Waals surface area contributed by atoms with Gasteiger partial charge >= 0.3 is 6.36 Å². The number of alkyl halides is 3. The van der Waals surface area contributed by atoms with Gasteiger partial charge in [-0.1, -0.05) is 12.1 Å². The molecule has 0 unspecified atom stereocenters. The Morgan fingerprint density at radius 2 is 1.90 bits per heavy atom. The number of carbonyl (C=O) groups is 1. The molecule has 0 bridgehead atoms. The number of carbonyl (C=O) groups excluding carboxylic acids is 1. The molecular formula is C21H17F4N3O2. The molecule has 4 rings (SSSR count). The van der Waals surface area contributed by atoms with Crippen LogP contribution in [-0.2, 0) is 6.42 Å². The number of fused-ring (bicyclic) bond motifs is 1. The predicted octanol–water partition coefficient (Wildman–Crippen LogP) is 4.81. The minimum absolute atomic E-state index is 0.224. The molecule has 0 fully saturated rings. The van der Waals surface area contributed by atoms with E-state index >= 15 is 0 Å². The summed E-state index contributed by atoms with van der Waals surface area (Å²) in [6.07, 6.45) is -2.29. The number of hydrogen-bond acceptors (Lipinski definition) is 3. The molecule has 9 heteroatoms. The first-order chi connectivity index (χ1) is 14.2.